The van der Waals surface area contributed by atoms with E-state index in [9.17, 15) is 0 Å². The van der Waals surface area contributed by atoms with Gasteiger partial charge in [0.25, 0.3) is 0 Å². The fraction of sp³-hybridized carbons (Fsp3) is 0. The molecule has 152 valence electrons. The van der Waals surface area contributed by atoms with Gasteiger partial charge in [-0.3, -0.25) is 0 Å². The summed E-state index contributed by atoms with van der Waals surface area (Å²) in [5.41, 5.74) is 2.42. The van der Waals surface area contributed by atoms with E-state index in [2.05, 4.69) is 120 Å². The van der Waals surface area contributed by atoms with E-state index in [0.29, 0.717) is 0 Å². The predicted octanol–water partition coefficient (Wildman–Crippen LogP) is 6.46. The minimum absolute atomic E-state index is 1.10. The predicted molar refractivity (Wildman–Crippen MR) is 144 cm³/mol. The second-order valence-corrected chi connectivity index (χ2v) is 9.45. The molecule has 0 saturated carbocycles. The third-order valence-corrected chi connectivity index (χ3v) is 7.25. The van der Waals surface area contributed by atoms with Gasteiger partial charge in [-0.15, -0.1) is 0 Å². The highest BCUT2D eigenvalue weighted by atomic mass is 28.1. The number of nitrogens with one attached hydrogen (secondary N) is 1. The molecule has 0 saturated heterocycles. The Bertz CT molecular complexity index is 1690. The van der Waals surface area contributed by atoms with E-state index in [1.165, 1.54) is 59.3 Å². The summed E-state index contributed by atoms with van der Waals surface area (Å²) in [4.78, 5) is 3.38. The summed E-state index contributed by atoms with van der Waals surface area (Å²) in [7, 11) is 1.10. The molecule has 0 spiro atoms. The SMILES string of the molecule is [SiH3]c1cccc2c1ccc1cc3ccccc3cc12.c1ccc2c(c1)[nH]c1ccccc12. The number of fused-ring (bicyclic) bond motifs is 7. The first kappa shape index (κ1) is 18.9. The molecule has 6 aromatic carbocycles. The Balaban J connectivity index is 0.000000131. The van der Waals surface area contributed by atoms with E-state index >= 15 is 0 Å². The maximum atomic E-state index is 3.38. The molecular formula is C30H23NSi. The third kappa shape index (κ3) is 3.17. The smallest absolute Gasteiger partial charge is 0.0464 e. The maximum absolute atomic E-state index is 3.38. The molecule has 0 radical (unpaired) electrons. The number of hydrogen-bond acceptors (Lipinski definition) is 0. The average molecular weight is 426 g/mol. The van der Waals surface area contributed by atoms with Crippen LogP contribution in [-0.2, 0) is 0 Å². The summed E-state index contributed by atoms with van der Waals surface area (Å²) in [5.74, 6) is 0. The molecule has 1 N–H and O–H groups in total. The fourth-order valence-corrected chi connectivity index (χ4v) is 5.37. The van der Waals surface area contributed by atoms with Gasteiger partial charge in [-0.05, 0) is 56.6 Å². The number of aromatic nitrogens is 1. The summed E-state index contributed by atoms with van der Waals surface area (Å²) in [6.45, 7) is 0. The van der Waals surface area contributed by atoms with Gasteiger partial charge >= 0.3 is 0 Å². The topological polar surface area (TPSA) is 15.8 Å². The highest BCUT2D eigenvalue weighted by Crippen LogP contribution is 2.28. The van der Waals surface area contributed by atoms with Crippen LogP contribution in [0, 0.1) is 0 Å². The van der Waals surface area contributed by atoms with Gasteiger partial charge in [-0.1, -0.05) is 96.2 Å². The Morgan fingerprint density at radius 1 is 0.406 bits per heavy atom. The lowest BCUT2D eigenvalue weighted by molar-refractivity contribution is 1.55. The molecule has 7 rings (SSSR count). The Kier molecular flexibility index (Phi) is 4.52. The number of hydrogen-bond donors (Lipinski definition) is 1. The molecule has 0 aliphatic rings. The highest BCUT2D eigenvalue weighted by molar-refractivity contribution is 6.40. The van der Waals surface area contributed by atoms with Crippen LogP contribution in [0.5, 0.6) is 0 Å². The van der Waals surface area contributed by atoms with Crippen molar-refractivity contribution in [1.29, 1.82) is 0 Å². The molecule has 0 aliphatic heterocycles. The monoisotopic (exact) mass is 425 g/mol. The van der Waals surface area contributed by atoms with Crippen molar-refractivity contribution in [3.63, 3.8) is 0 Å². The zero-order valence-electron chi connectivity index (χ0n) is 18.0. The van der Waals surface area contributed by atoms with E-state index in [-0.39, 0.29) is 0 Å². The molecule has 0 amide bonds. The van der Waals surface area contributed by atoms with Crippen LogP contribution >= 0.6 is 0 Å². The van der Waals surface area contributed by atoms with Crippen molar-refractivity contribution in [1.82, 2.24) is 4.98 Å². The number of benzene rings is 6. The van der Waals surface area contributed by atoms with Crippen molar-refractivity contribution in [3.8, 4) is 0 Å². The molecule has 1 nitrogen and oxygen atoms in total. The molecule has 2 heteroatoms. The number of aromatic amines is 1. The van der Waals surface area contributed by atoms with Crippen LogP contribution in [0.15, 0.2) is 115 Å². The Morgan fingerprint density at radius 3 is 1.72 bits per heavy atom. The van der Waals surface area contributed by atoms with E-state index in [0.717, 1.165) is 10.2 Å². The van der Waals surface area contributed by atoms with Crippen molar-refractivity contribution >= 4 is 69.6 Å². The van der Waals surface area contributed by atoms with Crippen LogP contribution in [0.1, 0.15) is 0 Å². The molecule has 32 heavy (non-hydrogen) atoms. The fourth-order valence-electron chi connectivity index (χ4n) is 4.74. The van der Waals surface area contributed by atoms with E-state index in [1.807, 2.05) is 0 Å². The number of rotatable bonds is 0. The summed E-state index contributed by atoms with van der Waals surface area (Å²) in [6.07, 6.45) is 0. The molecular weight excluding hydrogens is 402 g/mol. The van der Waals surface area contributed by atoms with Crippen LogP contribution in [0.3, 0.4) is 0 Å². The van der Waals surface area contributed by atoms with E-state index < -0.39 is 0 Å². The second-order valence-electron chi connectivity index (χ2n) is 8.37. The number of para-hydroxylation sites is 2. The molecule has 0 unspecified atom stereocenters. The lowest BCUT2D eigenvalue weighted by Crippen LogP contribution is -2.02. The minimum Gasteiger partial charge on any atom is -0.355 e. The summed E-state index contributed by atoms with van der Waals surface area (Å²) in [5, 5.41) is 12.2. The van der Waals surface area contributed by atoms with Gasteiger partial charge in [0.2, 0.25) is 0 Å². The highest BCUT2D eigenvalue weighted by Gasteiger charge is 2.04. The van der Waals surface area contributed by atoms with Crippen LogP contribution in [-0.4, -0.2) is 15.2 Å². The van der Waals surface area contributed by atoms with E-state index in [1.54, 1.807) is 0 Å². The van der Waals surface area contributed by atoms with Crippen LogP contribution < -0.4 is 5.19 Å². The number of H-pyrrole nitrogens is 1. The molecule has 1 heterocycles. The van der Waals surface area contributed by atoms with E-state index in [4.69, 9.17) is 0 Å². The Hall–Kier alpha value is -3.88. The van der Waals surface area contributed by atoms with Gasteiger partial charge in [-0.25, -0.2) is 0 Å². The van der Waals surface area contributed by atoms with Crippen molar-refractivity contribution in [3.05, 3.63) is 115 Å². The normalized spacial score (nSPS) is 11.4. The second kappa shape index (κ2) is 7.67. The van der Waals surface area contributed by atoms with Gasteiger partial charge < -0.3 is 4.98 Å². The van der Waals surface area contributed by atoms with Crippen LogP contribution in [0.2, 0.25) is 0 Å². The lowest BCUT2D eigenvalue weighted by Gasteiger charge is -2.08. The molecule has 0 aliphatic carbocycles. The summed E-state index contributed by atoms with van der Waals surface area (Å²) in [6, 6.07) is 41.2. The first-order valence-electron chi connectivity index (χ1n) is 11.0. The first-order chi connectivity index (χ1) is 15.8. The summed E-state index contributed by atoms with van der Waals surface area (Å²) < 4.78 is 0. The van der Waals surface area contributed by atoms with Gasteiger partial charge in [0, 0.05) is 32.0 Å². The minimum atomic E-state index is 1.10. The van der Waals surface area contributed by atoms with Crippen molar-refractivity contribution in [2.75, 3.05) is 0 Å². The quantitative estimate of drug-likeness (QED) is 0.163. The zero-order valence-corrected chi connectivity index (χ0v) is 20.0. The standard InChI is InChI=1S/C18H14Si.C12H9N/c19-18-7-3-6-15-16(18)9-8-14-10-12-4-1-2-5-13(12)11-17(14)15;1-3-7-11-9(5-1)10-6-2-4-8-12(10)13-11/h1-11H,19H3;1-8,13H. The Labute approximate surface area is 189 Å². The Morgan fingerprint density at radius 2 is 1.00 bits per heavy atom. The summed E-state index contributed by atoms with van der Waals surface area (Å²) >= 11 is 0. The third-order valence-electron chi connectivity index (χ3n) is 6.38. The van der Waals surface area contributed by atoms with Crippen LogP contribution in [0.4, 0.5) is 0 Å². The maximum Gasteiger partial charge on any atom is 0.0464 e. The van der Waals surface area contributed by atoms with Crippen molar-refractivity contribution in [2.24, 2.45) is 0 Å². The van der Waals surface area contributed by atoms with Crippen molar-refractivity contribution < 1.29 is 0 Å². The first-order valence-corrected chi connectivity index (χ1v) is 12.0. The van der Waals surface area contributed by atoms with Crippen molar-refractivity contribution in [2.45, 2.75) is 0 Å². The van der Waals surface area contributed by atoms with Gasteiger partial charge in [0.15, 0.2) is 0 Å². The molecule has 0 atom stereocenters. The van der Waals surface area contributed by atoms with Gasteiger partial charge in [0.1, 0.15) is 0 Å². The largest absolute Gasteiger partial charge is 0.355 e. The molecule has 7 aromatic rings. The molecule has 0 bridgehead atoms. The lowest BCUT2D eigenvalue weighted by atomic mass is 9.98. The molecule has 1 aromatic heterocycles. The van der Waals surface area contributed by atoms with Gasteiger partial charge in [0.05, 0.1) is 0 Å². The molecule has 0 fully saturated rings. The van der Waals surface area contributed by atoms with Crippen LogP contribution in [0.25, 0.3) is 54.1 Å². The average Bonchev–Trinajstić information content (AvgIpc) is 3.22. The van der Waals surface area contributed by atoms with Gasteiger partial charge in [-0.2, -0.15) is 0 Å². The zero-order chi connectivity index (χ0) is 21.5.